The molecule has 1 aromatic carbocycles. The number of ketones is 2. The number of hydrogen-bond donors (Lipinski definition) is 0. The molecule has 9 atom stereocenters. The van der Waals surface area contributed by atoms with Gasteiger partial charge in [0.1, 0.15) is 0 Å². The van der Waals surface area contributed by atoms with Gasteiger partial charge in [0.05, 0.1) is 24.7 Å². The van der Waals surface area contributed by atoms with Crippen LogP contribution in [0, 0.1) is 35.5 Å². The number of ether oxygens (including phenoxy) is 2. The van der Waals surface area contributed by atoms with E-state index in [4.69, 9.17) is 9.47 Å². The van der Waals surface area contributed by atoms with Gasteiger partial charge >= 0.3 is 0 Å². The number of carbonyl (C=O) groups is 3. The number of carbonyl (C=O) groups excluding carboxylic acids is 3. The van der Waals surface area contributed by atoms with Gasteiger partial charge in [-0.05, 0) is 73.5 Å². The first-order valence-electron chi connectivity index (χ1n) is 17.3. The SMILES string of the molecule is CC[C@H](C)[C@H](/C=C(\C)C(=O)[C@@H](C)C(C)C)[C@@H](CC(=O)N1CCC[C@H]1[C@H](OC)[C@@H](C)C(=O)/C=C/CC1C[C@@H]1c1ccccc1)OC. The van der Waals surface area contributed by atoms with Crippen LogP contribution in [0.25, 0.3) is 0 Å². The number of allylic oxidation sites excluding steroid dienone is 3. The fourth-order valence-corrected chi connectivity index (χ4v) is 7.04. The largest absolute Gasteiger partial charge is 0.380 e. The molecule has 45 heavy (non-hydrogen) atoms. The first-order chi connectivity index (χ1) is 21.4. The van der Waals surface area contributed by atoms with Crippen molar-refractivity contribution in [3.63, 3.8) is 0 Å². The Kier molecular flexibility index (Phi) is 14.2. The molecule has 0 N–H and O–H groups in total. The number of Topliss-reactive ketones (excluding diaryl/α,β-unsaturated/α-hetero) is 1. The van der Waals surface area contributed by atoms with E-state index in [9.17, 15) is 14.4 Å². The van der Waals surface area contributed by atoms with Crippen LogP contribution in [0.4, 0.5) is 0 Å². The van der Waals surface area contributed by atoms with E-state index < -0.39 is 0 Å². The van der Waals surface area contributed by atoms with E-state index in [1.165, 1.54) is 12.0 Å². The van der Waals surface area contributed by atoms with Crippen LogP contribution in [-0.4, -0.2) is 61.4 Å². The lowest BCUT2D eigenvalue weighted by Crippen LogP contribution is -2.48. The van der Waals surface area contributed by atoms with Crippen molar-refractivity contribution in [3.05, 3.63) is 59.7 Å². The molecule has 2 fully saturated rings. The van der Waals surface area contributed by atoms with Crippen molar-refractivity contribution in [2.45, 2.75) is 111 Å². The maximum Gasteiger partial charge on any atom is 0.225 e. The van der Waals surface area contributed by atoms with Gasteiger partial charge in [0.25, 0.3) is 0 Å². The average Bonchev–Trinajstić information content (AvgIpc) is 3.66. The lowest BCUT2D eigenvalue weighted by molar-refractivity contribution is -0.141. The van der Waals surface area contributed by atoms with Crippen LogP contribution in [0.1, 0.15) is 98.5 Å². The quantitative estimate of drug-likeness (QED) is 0.156. The third-order valence-electron chi connectivity index (χ3n) is 10.7. The summed E-state index contributed by atoms with van der Waals surface area (Å²) < 4.78 is 11.9. The Morgan fingerprint density at radius 1 is 1.00 bits per heavy atom. The van der Waals surface area contributed by atoms with E-state index in [0.29, 0.717) is 18.4 Å². The Hall–Kier alpha value is -2.57. The third kappa shape index (κ3) is 9.71. The molecule has 1 aliphatic heterocycles. The normalized spacial score (nSPS) is 24.4. The van der Waals surface area contributed by atoms with E-state index in [1.54, 1.807) is 20.3 Å². The van der Waals surface area contributed by atoms with Crippen LogP contribution in [0.2, 0.25) is 0 Å². The molecule has 1 saturated heterocycles. The number of hydrogen-bond acceptors (Lipinski definition) is 5. The van der Waals surface area contributed by atoms with Crippen molar-refractivity contribution in [2.24, 2.45) is 35.5 Å². The Morgan fingerprint density at radius 2 is 1.69 bits per heavy atom. The Labute approximate surface area is 273 Å². The van der Waals surface area contributed by atoms with Crippen LogP contribution >= 0.6 is 0 Å². The molecule has 0 radical (unpaired) electrons. The standard InChI is InChI=1S/C39H59NO5/c1-10-26(4)32(22-27(5)38(43)28(6)25(2)3)36(44-8)24-37(42)40-21-15-19-34(40)39(45-9)29(7)35(41)20-14-18-31-23-33(31)30-16-12-11-13-17-30/h11-14,16-17,20,22,25-26,28-29,31-34,36,39H,10,15,18-19,21,23-24H2,1-9H3/b20-14+,27-22+/t26-,28-,29-,31?,32-,33+,34-,36+,39+/m0/s1. The fourth-order valence-electron chi connectivity index (χ4n) is 7.04. The zero-order valence-electron chi connectivity index (χ0n) is 29.3. The third-order valence-corrected chi connectivity index (χ3v) is 10.7. The van der Waals surface area contributed by atoms with Gasteiger partial charge in [0.2, 0.25) is 5.91 Å². The molecular weight excluding hydrogens is 562 g/mol. The summed E-state index contributed by atoms with van der Waals surface area (Å²) in [6.45, 7) is 14.9. The molecule has 0 aromatic heterocycles. The number of benzene rings is 1. The van der Waals surface area contributed by atoms with Crippen LogP contribution in [0.3, 0.4) is 0 Å². The zero-order valence-corrected chi connectivity index (χ0v) is 29.3. The van der Waals surface area contributed by atoms with Crippen molar-refractivity contribution >= 4 is 17.5 Å². The summed E-state index contributed by atoms with van der Waals surface area (Å²) in [7, 11) is 3.30. The summed E-state index contributed by atoms with van der Waals surface area (Å²) in [6.07, 6.45) is 9.96. The summed E-state index contributed by atoms with van der Waals surface area (Å²) in [5, 5.41) is 0. The lowest BCUT2D eigenvalue weighted by atomic mass is 9.81. The molecule has 6 heteroatoms. The van der Waals surface area contributed by atoms with Gasteiger partial charge in [-0.25, -0.2) is 0 Å². The summed E-state index contributed by atoms with van der Waals surface area (Å²) in [5.41, 5.74) is 2.12. The van der Waals surface area contributed by atoms with Crippen molar-refractivity contribution < 1.29 is 23.9 Å². The zero-order chi connectivity index (χ0) is 33.3. The van der Waals surface area contributed by atoms with E-state index in [2.05, 4.69) is 52.0 Å². The lowest BCUT2D eigenvalue weighted by Gasteiger charge is -2.35. The molecule has 3 rings (SSSR count). The summed E-state index contributed by atoms with van der Waals surface area (Å²) in [4.78, 5) is 42.2. The Balaban J connectivity index is 1.65. The molecule has 1 unspecified atom stereocenters. The summed E-state index contributed by atoms with van der Waals surface area (Å²) >= 11 is 0. The molecule has 2 aliphatic rings. The molecule has 1 aliphatic carbocycles. The van der Waals surface area contributed by atoms with E-state index in [0.717, 1.165) is 31.3 Å². The highest BCUT2D eigenvalue weighted by Gasteiger charge is 2.41. The second-order valence-electron chi connectivity index (χ2n) is 14.0. The fraction of sp³-hybridized carbons (Fsp3) is 0.667. The van der Waals surface area contributed by atoms with E-state index >= 15 is 0 Å². The molecule has 1 heterocycles. The molecule has 250 valence electrons. The van der Waals surface area contributed by atoms with Crippen LogP contribution in [0.5, 0.6) is 0 Å². The molecular formula is C39H59NO5. The van der Waals surface area contributed by atoms with Crippen molar-refractivity contribution in [1.82, 2.24) is 4.90 Å². The number of likely N-dealkylation sites (tertiary alicyclic amines) is 1. The highest BCUT2D eigenvalue weighted by molar-refractivity contribution is 5.96. The van der Waals surface area contributed by atoms with Gasteiger partial charge in [0, 0.05) is 38.5 Å². The van der Waals surface area contributed by atoms with Gasteiger partial charge in [0.15, 0.2) is 11.6 Å². The second kappa shape index (κ2) is 17.4. The smallest absolute Gasteiger partial charge is 0.225 e. The molecule has 1 aromatic rings. The van der Waals surface area contributed by atoms with Crippen molar-refractivity contribution in [2.75, 3.05) is 20.8 Å². The minimum absolute atomic E-state index is 0.0171. The van der Waals surface area contributed by atoms with Crippen molar-refractivity contribution in [3.8, 4) is 0 Å². The summed E-state index contributed by atoms with van der Waals surface area (Å²) in [5.74, 6) is 1.42. The molecule has 0 bridgehead atoms. The van der Waals surface area contributed by atoms with Gasteiger partial charge in [-0.1, -0.05) is 90.4 Å². The topological polar surface area (TPSA) is 72.9 Å². The average molecular weight is 622 g/mol. The predicted molar refractivity (Wildman–Crippen MR) is 182 cm³/mol. The number of nitrogens with zero attached hydrogens (tertiary/aromatic N) is 1. The highest BCUT2D eigenvalue weighted by atomic mass is 16.5. The maximum absolute atomic E-state index is 13.9. The molecule has 1 amide bonds. The van der Waals surface area contributed by atoms with Crippen LogP contribution < -0.4 is 0 Å². The number of methoxy groups -OCH3 is 2. The Bertz CT molecular complexity index is 1170. The van der Waals surface area contributed by atoms with Gasteiger partial charge in [-0.3, -0.25) is 14.4 Å². The second-order valence-corrected chi connectivity index (χ2v) is 14.0. The summed E-state index contributed by atoms with van der Waals surface area (Å²) in [6, 6.07) is 10.4. The van der Waals surface area contributed by atoms with Gasteiger partial charge in [-0.2, -0.15) is 0 Å². The van der Waals surface area contributed by atoms with E-state index in [-0.39, 0.29) is 71.7 Å². The van der Waals surface area contributed by atoms with Crippen molar-refractivity contribution in [1.29, 1.82) is 0 Å². The Morgan fingerprint density at radius 3 is 2.29 bits per heavy atom. The minimum atomic E-state index is -0.379. The minimum Gasteiger partial charge on any atom is -0.380 e. The van der Waals surface area contributed by atoms with Gasteiger partial charge in [-0.15, -0.1) is 0 Å². The van der Waals surface area contributed by atoms with E-state index in [1.807, 2.05) is 43.9 Å². The van der Waals surface area contributed by atoms with Crippen LogP contribution in [-0.2, 0) is 23.9 Å². The molecule has 1 saturated carbocycles. The molecule has 6 nitrogen and oxygen atoms in total. The monoisotopic (exact) mass is 621 g/mol. The maximum atomic E-state index is 13.9. The highest BCUT2D eigenvalue weighted by Crippen LogP contribution is 2.49. The number of amides is 1. The van der Waals surface area contributed by atoms with Crippen LogP contribution in [0.15, 0.2) is 54.1 Å². The predicted octanol–water partition coefficient (Wildman–Crippen LogP) is 7.82. The first-order valence-corrected chi connectivity index (χ1v) is 17.3. The van der Waals surface area contributed by atoms with Gasteiger partial charge < -0.3 is 14.4 Å². The first kappa shape index (κ1) is 36.9. The molecule has 0 spiro atoms. The number of rotatable bonds is 18.